The molecule has 170 valence electrons. The van der Waals surface area contributed by atoms with Crippen molar-refractivity contribution in [2.75, 3.05) is 26.2 Å². The van der Waals surface area contributed by atoms with E-state index in [-0.39, 0.29) is 30.1 Å². The number of halogens is 1. The summed E-state index contributed by atoms with van der Waals surface area (Å²) >= 11 is 0. The Bertz CT molecular complexity index is 760. The number of hydrogen-bond donors (Lipinski definition) is 3. The van der Waals surface area contributed by atoms with Crippen LogP contribution < -0.4 is 10.6 Å². The molecule has 1 aromatic rings. The molecule has 0 unspecified atom stereocenters. The van der Waals surface area contributed by atoms with Gasteiger partial charge in [0.1, 0.15) is 0 Å². The number of guanidine groups is 1. The maximum absolute atomic E-state index is 12.8. The van der Waals surface area contributed by atoms with Gasteiger partial charge < -0.3 is 15.7 Å². The highest BCUT2D eigenvalue weighted by Crippen LogP contribution is 2.24. The molecule has 30 heavy (non-hydrogen) atoms. The van der Waals surface area contributed by atoms with Gasteiger partial charge in [-0.3, -0.25) is 4.99 Å². The maximum atomic E-state index is 12.8. The summed E-state index contributed by atoms with van der Waals surface area (Å²) in [5.41, 5.74) is 0. The second-order valence-corrected chi connectivity index (χ2v) is 9.97. The first kappa shape index (κ1) is 25.4. The van der Waals surface area contributed by atoms with Crippen LogP contribution in [0.2, 0.25) is 0 Å². The van der Waals surface area contributed by atoms with E-state index in [2.05, 4.69) is 17.6 Å². The Labute approximate surface area is 197 Å². The number of aliphatic hydroxyl groups excluding tert-OH is 1. The third-order valence-electron chi connectivity index (χ3n) is 5.84. The highest BCUT2D eigenvalue weighted by molar-refractivity contribution is 14.0. The van der Waals surface area contributed by atoms with Crippen LogP contribution in [0.15, 0.2) is 40.2 Å². The third kappa shape index (κ3) is 7.06. The van der Waals surface area contributed by atoms with Crippen molar-refractivity contribution in [3.63, 3.8) is 0 Å². The first-order valence-electron chi connectivity index (χ1n) is 10.8. The Morgan fingerprint density at radius 3 is 2.33 bits per heavy atom. The summed E-state index contributed by atoms with van der Waals surface area (Å²) in [6.45, 7) is 4.64. The van der Waals surface area contributed by atoms with Gasteiger partial charge in [-0.2, -0.15) is 4.31 Å². The molecule has 0 spiro atoms. The van der Waals surface area contributed by atoms with E-state index in [1.54, 1.807) is 28.6 Å². The molecule has 2 aliphatic rings. The molecule has 3 rings (SSSR count). The van der Waals surface area contributed by atoms with E-state index in [9.17, 15) is 13.5 Å². The van der Waals surface area contributed by atoms with Crippen molar-refractivity contribution in [1.29, 1.82) is 0 Å². The number of hydrogen-bond acceptors (Lipinski definition) is 4. The lowest BCUT2D eigenvalue weighted by molar-refractivity contribution is 0.120. The monoisotopic (exact) mass is 550 g/mol. The van der Waals surface area contributed by atoms with Crippen LogP contribution in [-0.4, -0.2) is 62.1 Å². The molecule has 3 N–H and O–H groups in total. The Hall–Kier alpha value is -0.910. The first-order chi connectivity index (χ1) is 14.0. The lowest BCUT2D eigenvalue weighted by Crippen LogP contribution is -2.45. The molecule has 1 saturated heterocycles. The molecule has 0 bridgehead atoms. The predicted octanol–water partition coefficient (Wildman–Crippen LogP) is 2.56. The largest absolute Gasteiger partial charge is 0.393 e. The van der Waals surface area contributed by atoms with Crippen molar-refractivity contribution in [2.24, 2.45) is 10.9 Å². The summed E-state index contributed by atoms with van der Waals surface area (Å²) < 4.78 is 27.1. The molecular formula is C21H35IN4O3S. The molecule has 1 aromatic carbocycles. The van der Waals surface area contributed by atoms with Crippen molar-refractivity contribution in [1.82, 2.24) is 14.9 Å². The van der Waals surface area contributed by atoms with Crippen LogP contribution in [0.4, 0.5) is 0 Å². The van der Waals surface area contributed by atoms with E-state index >= 15 is 0 Å². The average molecular weight is 551 g/mol. The molecule has 7 nitrogen and oxygen atoms in total. The second-order valence-electron chi connectivity index (χ2n) is 8.03. The molecule has 0 atom stereocenters. The zero-order valence-corrected chi connectivity index (χ0v) is 20.8. The molecular weight excluding hydrogens is 515 g/mol. The van der Waals surface area contributed by atoms with Gasteiger partial charge in [-0.1, -0.05) is 18.2 Å². The molecule has 1 saturated carbocycles. The standard InChI is InChI=1S/C21H34N4O3S.HI/c1-2-22-21(24-18-8-10-19(26)11-9-18)23-16-17-12-14-25(15-13-17)29(27,28)20-6-4-3-5-7-20;/h3-7,17-19,26H,2,8-16H2,1H3,(H2,22,23,24);1H. The quantitative estimate of drug-likeness (QED) is 0.288. The zero-order chi connectivity index (χ0) is 20.7. The number of nitrogens with zero attached hydrogens (tertiary/aromatic N) is 2. The molecule has 0 amide bonds. The minimum absolute atomic E-state index is 0. The van der Waals surface area contributed by atoms with Gasteiger partial charge in [0.25, 0.3) is 0 Å². The number of aliphatic hydroxyl groups is 1. The summed E-state index contributed by atoms with van der Waals surface area (Å²) in [6, 6.07) is 9.02. The average Bonchev–Trinajstić information content (AvgIpc) is 2.75. The van der Waals surface area contributed by atoms with Gasteiger partial charge in [0.2, 0.25) is 10.0 Å². The lowest BCUT2D eigenvalue weighted by atomic mass is 9.93. The zero-order valence-electron chi connectivity index (χ0n) is 17.7. The van der Waals surface area contributed by atoms with Crippen molar-refractivity contribution in [3.05, 3.63) is 30.3 Å². The summed E-state index contributed by atoms with van der Waals surface area (Å²) in [5, 5.41) is 16.5. The number of rotatable bonds is 6. The van der Waals surface area contributed by atoms with Gasteiger partial charge in [0, 0.05) is 32.2 Å². The number of sulfonamides is 1. The van der Waals surface area contributed by atoms with Gasteiger partial charge in [-0.15, -0.1) is 24.0 Å². The van der Waals surface area contributed by atoms with Crippen molar-refractivity contribution in [2.45, 2.75) is 62.5 Å². The van der Waals surface area contributed by atoms with Gasteiger partial charge >= 0.3 is 0 Å². The van der Waals surface area contributed by atoms with Crippen molar-refractivity contribution < 1.29 is 13.5 Å². The second kappa shape index (κ2) is 12.2. The molecule has 2 fully saturated rings. The van der Waals surface area contributed by atoms with Gasteiger partial charge in [-0.05, 0) is 63.5 Å². The van der Waals surface area contributed by atoms with E-state index in [1.807, 2.05) is 6.07 Å². The summed E-state index contributed by atoms with van der Waals surface area (Å²) in [6.07, 6.45) is 5.08. The fourth-order valence-electron chi connectivity index (χ4n) is 4.03. The SMILES string of the molecule is CCNC(=NCC1CCN(S(=O)(=O)c2ccccc2)CC1)NC1CCC(O)CC1.I. The van der Waals surface area contributed by atoms with E-state index in [1.165, 1.54) is 0 Å². The molecule has 0 radical (unpaired) electrons. The van der Waals surface area contributed by atoms with Crippen LogP contribution in [0.1, 0.15) is 45.4 Å². The number of nitrogens with one attached hydrogen (secondary N) is 2. The molecule has 9 heteroatoms. The van der Waals surface area contributed by atoms with Crippen LogP contribution in [0, 0.1) is 5.92 Å². The predicted molar refractivity (Wildman–Crippen MR) is 131 cm³/mol. The van der Waals surface area contributed by atoms with Crippen LogP contribution in [0.3, 0.4) is 0 Å². The third-order valence-corrected chi connectivity index (χ3v) is 7.76. The van der Waals surface area contributed by atoms with E-state index < -0.39 is 10.0 Å². The number of benzene rings is 1. The number of piperidine rings is 1. The lowest BCUT2D eigenvalue weighted by Gasteiger charge is -2.31. The minimum atomic E-state index is -3.40. The van der Waals surface area contributed by atoms with E-state index in [4.69, 9.17) is 4.99 Å². The van der Waals surface area contributed by atoms with Crippen LogP contribution in [0.5, 0.6) is 0 Å². The number of aliphatic imine (C=N–C) groups is 1. The van der Waals surface area contributed by atoms with Gasteiger partial charge in [0.15, 0.2) is 5.96 Å². The Balaban J connectivity index is 0.00000320. The van der Waals surface area contributed by atoms with E-state index in [0.717, 1.165) is 51.0 Å². The van der Waals surface area contributed by atoms with Gasteiger partial charge in [-0.25, -0.2) is 8.42 Å². The Morgan fingerprint density at radius 1 is 1.10 bits per heavy atom. The molecule has 0 aromatic heterocycles. The van der Waals surface area contributed by atoms with Crippen molar-refractivity contribution in [3.8, 4) is 0 Å². The fraction of sp³-hybridized carbons (Fsp3) is 0.667. The summed E-state index contributed by atoms with van der Waals surface area (Å²) in [4.78, 5) is 5.13. The fourth-order valence-corrected chi connectivity index (χ4v) is 5.52. The van der Waals surface area contributed by atoms with Crippen LogP contribution >= 0.6 is 24.0 Å². The Morgan fingerprint density at radius 2 is 1.73 bits per heavy atom. The molecule has 1 heterocycles. The normalized spacial score (nSPS) is 24.1. The summed E-state index contributed by atoms with van der Waals surface area (Å²) in [7, 11) is -3.40. The maximum Gasteiger partial charge on any atom is 0.243 e. The molecule has 1 aliphatic heterocycles. The highest BCUT2D eigenvalue weighted by atomic mass is 127. The smallest absolute Gasteiger partial charge is 0.243 e. The topological polar surface area (TPSA) is 94.0 Å². The van der Waals surface area contributed by atoms with Crippen molar-refractivity contribution >= 4 is 40.0 Å². The van der Waals surface area contributed by atoms with E-state index in [0.29, 0.717) is 36.5 Å². The highest BCUT2D eigenvalue weighted by Gasteiger charge is 2.29. The minimum Gasteiger partial charge on any atom is -0.393 e. The summed E-state index contributed by atoms with van der Waals surface area (Å²) in [5.74, 6) is 1.22. The van der Waals surface area contributed by atoms with Crippen LogP contribution in [0.25, 0.3) is 0 Å². The van der Waals surface area contributed by atoms with Gasteiger partial charge in [0.05, 0.1) is 11.0 Å². The van der Waals surface area contributed by atoms with Crippen LogP contribution in [-0.2, 0) is 10.0 Å². The first-order valence-corrected chi connectivity index (χ1v) is 12.2. The molecule has 1 aliphatic carbocycles. The Kier molecular flexibility index (Phi) is 10.3.